The summed E-state index contributed by atoms with van der Waals surface area (Å²) in [6.45, 7) is 1.11. The molecule has 18 heavy (non-hydrogen) atoms. The first-order chi connectivity index (χ1) is 8.86. The Kier molecular flexibility index (Phi) is 3.11. The summed E-state index contributed by atoms with van der Waals surface area (Å²) in [4.78, 5) is 15.5. The van der Waals surface area contributed by atoms with Gasteiger partial charge in [-0.3, -0.25) is 9.20 Å². The number of carbonyl (C=O) groups excluding carboxylic acids is 1. The van der Waals surface area contributed by atoms with E-state index < -0.39 is 0 Å². The zero-order chi connectivity index (χ0) is 12.4. The summed E-state index contributed by atoms with van der Waals surface area (Å²) in [6, 6.07) is 6.15. The first-order valence-corrected chi connectivity index (χ1v) is 6.52. The minimum absolute atomic E-state index is 0.531. The minimum atomic E-state index is 0.531. The molecule has 0 aromatic carbocycles. The lowest BCUT2D eigenvalue weighted by Crippen LogP contribution is -2.35. The van der Waals surface area contributed by atoms with Crippen LogP contribution < -0.4 is 5.32 Å². The third-order valence-corrected chi connectivity index (χ3v) is 3.56. The molecule has 0 amide bonds. The number of fused-ring (bicyclic) bond motifs is 1. The van der Waals surface area contributed by atoms with Gasteiger partial charge in [0, 0.05) is 18.7 Å². The molecule has 0 saturated carbocycles. The van der Waals surface area contributed by atoms with Crippen LogP contribution in [-0.2, 0) is 6.42 Å². The van der Waals surface area contributed by atoms with Crippen LogP contribution in [0.15, 0.2) is 24.4 Å². The van der Waals surface area contributed by atoms with Crippen LogP contribution in [0.25, 0.3) is 5.65 Å². The molecule has 94 valence electrons. The first kappa shape index (κ1) is 11.4. The van der Waals surface area contributed by atoms with Gasteiger partial charge in [0.25, 0.3) is 0 Å². The number of imidazole rings is 1. The minimum Gasteiger partial charge on any atom is -0.314 e. The Bertz CT molecular complexity index is 555. The summed E-state index contributed by atoms with van der Waals surface area (Å²) in [5, 5.41) is 3.52. The zero-order valence-electron chi connectivity index (χ0n) is 10.3. The van der Waals surface area contributed by atoms with Crippen LogP contribution in [0, 0.1) is 0 Å². The van der Waals surface area contributed by atoms with Crippen LogP contribution >= 0.6 is 0 Å². The fourth-order valence-electron chi connectivity index (χ4n) is 2.63. The van der Waals surface area contributed by atoms with Gasteiger partial charge in [-0.1, -0.05) is 12.5 Å². The fraction of sp³-hybridized carbons (Fsp3) is 0.429. The molecule has 4 nitrogen and oxygen atoms in total. The molecule has 2 aromatic rings. The molecule has 1 fully saturated rings. The smallest absolute Gasteiger partial charge is 0.166 e. The molecule has 1 atom stereocenters. The van der Waals surface area contributed by atoms with Crippen molar-refractivity contribution < 1.29 is 4.79 Å². The summed E-state index contributed by atoms with van der Waals surface area (Å²) < 4.78 is 1.87. The van der Waals surface area contributed by atoms with Gasteiger partial charge in [0.15, 0.2) is 6.29 Å². The predicted octanol–water partition coefficient (Wildman–Crippen LogP) is 1.83. The average molecular weight is 243 g/mol. The standard InChI is InChI=1S/C14H17N3O/c18-10-13-5-3-6-14-16-12(9-17(13)14)8-11-4-1-2-7-15-11/h3,5-6,9-11,15H,1-2,4,7-8H2. The molecule has 0 bridgehead atoms. The van der Waals surface area contributed by atoms with Gasteiger partial charge in [-0.05, 0) is 31.5 Å². The van der Waals surface area contributed by atoms with Crippen LogP contribution in [0.4, 0.5) is 0 Å². The maximum atomic E-state index is 11.0. The molecule has 1 aliphatic heterocycles. The van der Waals surface area contributed by atoms with E-state index in [2.05, 4.69) is 10.3 Å². The van der Waals surface area contributed by atoms with E-state index in [1.165, 1.54) is 19.3 Å². The quantitative estimate of drug-likeness (QED) is 0.837. The van der Waals surface area contributed by atoms with Crippen molar-refractivity contribution in [2.24, 2.45) is 0 Å². The molecule has 0 aliphatic carbocycles. The van der Waals surface area contributed by atoms with Gasteiger partial charge in [-0.2, -0.15) is 0 Å². The number of nitrogens with zero attached hydrogens (tertiary/aromatic N) is 2. The Labute approximate surface area is 106 Å². The van der Waals surface area contributed by atoms with E-state index in [-0.39, 0.29) is 0 Å². The second-order valence-corrected chi connectivity index (χ2v) is 4.88. The predicted molar refractivity (Wildman–Crippen MR) is 69.9 cm³/mol. The van der Waals surface area contributed by atoms with Crippen molar-refractivity contribution >= 4 is 11.9 Å². The van der Waals surface area contributed by atoms with Gasteiger partial charge in [0.05, 0.1) is 11.4 Å². The summed E-state index contributed by atoms with van der Waals surface area (Å²) in [6.07, 6.45) is 7.59. The highest BCUT2D eigenvalue weighted by Crippen LogP contribution is 2.14. The number of aromatic nitrogens is 2. The number of piperidine rings is 1. The third-order valence-electron chi connectivity index (χ3n) is 3.56. The van der Waals surface area contributed by atoms with Gasteiger partial charge in [0.2, 0.25) is 0 Å². The Morgan fingerprint density at radius 1 is 1.44 bits per heavy atom. The second-order valence-electron chi connectivity index (χ2n) is 4.88. The molecule has 2 aromatic heterocycles. The average Bonchev–Trinajstić information content (AvgIpc) is 2.82. The topological polar surface area (TPSA) is 46.4 Å². The maximum Gasteiger partial charge on any atom is 0.166 e. The van der Waals surface area contributed by atoms with E-state index in [1.54, 1.807) is 0 Å². The van der Waals surface area contributed by atoms with Crippen molar-refractivity contribution in [1.82, 2.24) is 14.7 Å². The highest BCUT2D eigenvalue weighted by molar-refractivity contribution is 5.73. The van der Waals surface area contributed by atoms with Crippen molar-refractivity contribution in [3.63, 3.8) is 0 Å². The van der Waals surface area contributed by atoms with E-state index in [1.807, 2.05) is 28.8 Å². The Morgan fingerprint density at radius 2 is 2.39 bits per heavy atom. The van der Waals surface area contributed by atoms with Gasteiger partial charge in [0.1, 0.15) is 5.65 Å². The molecular formula is C14H17N3O. The van der Waals surface area contributed by atoms with E-state index >= 15 is 0 Å². The van der Waals surface area contributed by atoms with E-state index in [0.29, 0.717) is 11.7 Å². The number of aldehydes is 1. The number of carbonyl (C=O) groups is 1. The van der Waals surface area contributed by atoms with Crippen LogP contribution in [0.5, 0.6) is 0 Å². The first-order valence-electron chi connectivity index (χ1n) is 6.52. The molecule has 3 heterocycles. The van der Waals surface area contributed by atoms with Crippen molar-refractivity contribution in [3.05, 3.63) is 35.8 Å². The lowest BCUT2D eigenvalue weighted by atomic mass is 10.0. The van der Waals surface area contributed by atoms with Crippen LogP contribution in [-0.4, -0.2) is 28.3 Å². The van der Waals surface area contributed by atoms with Crippen molar-refractivity contribution in [2.75, 3.05) is 6.54 Å². The Balaban J connectivity index is 1.86. The molecule has 0 spiro atoms. The second kappa shape index (κ2) is 4.90. The normalized spacial score (nSPS) is 20.1. The monoisotopic (exact) mass is 243 g/mol. The molecule has 4 heteroatoms. The lowest BCUT2D eigenvalue weighted by Gasteiger charge is -2.22. The molecule has 1 aliphatic rings. The molecule has 1 saturated heterocycles. The number of hydrogen-bond acceptors (Lipinski definition) is 3. The van der Waals surface area contributed by atoms with Crippen LogP contribution in [0.2, 0.25) is 0 Å². The molecule has 1 N–H and O–H groups in total. The molecular weight excluding hydrogens is 226 g/mol. The zero-order valence-corrected chi connectivity index (χ0v) is 10.3. The van der Waals surface area contributed by atoms with Gasteiger partial charge < -0.3 is 5.32 Å². The Hall–Kier alpha value is -1.68. The van der Waals surface area contributed by atoms with E-state index in [0.717, 1.165) is 30.6 Å². The molecule has 1 unspecified atom stereocenters. The van der Waals surface area contributed by atoms with Crippen molar-refractivity contribution in [3.8, 4) is 0 Å². The Morgan fingerprint density at radius 3 is 3.17 bits per heavy atom. The van der Waals surface area contributed by atoms with E-state index in [9.17, 15) is 4.79 Å². The lowest BCUT2D eigenvalue weighted by molar-refractivity contribution is 0.111. The van der Waals surface area contributed by atoms with Crippen molar-refractivity contribution in [2.45, 2.75) is 31.7 Å². The molecule has 3 rings (SSSR count). The van der Waals surface area contributed by atoms with Crippen LogP contribution in [0.3, 0.4) is 0 Å². The number of nitrogens with one attached hydrogen (secondary N) is 1. The molecule has 0 radical (unpaired) electrons. The number of hydrogen-bond donors (Lipinski definition) is 1. The van der Waals surface area contributed by atoms with E-state index in [4.69, 9.17) is 0 Å². The van der Waals surface area contributed by atoms with Gasteiger partial charge in [-0.25, -0.2) is 4.98 Å². The SMILES string of the molecule is O=Cc1cccc2nc(CC3CCCCN3)cn12. The number of pyridine rings is 1. The highest BCUT2D eigenvalue weighted by atomic mass is 16.1. The summed E-state index contributed by atoms with van der Waals surface area (Å²) in [7, 11) is 0. The summed E-state index contributed by atoms with van der Waals surface area (Å²) >= 11 is 0. The van der Waals surface area contributed by atoms with Crippen molar-refractivity contribution in [1.29, 1.82) is 0 Å². The maximum absolute atomic E-state index is 11.0. The van der Waals surface area contributed by atoms with Gasteiger partial charge >= 0.3 is 0 Å². The van der Waals surface area contributed by atoms with Gasteiger partial charge in [-0.15, -0.1) is 0 Å². The highest BCUT2D eigenvalue weighted by Gasteiger charge is 2.15. The summed E-state index contributed by atoms with van der Waals surface area (Å²) in [5.74, 6) is 0. The fourth-order valence-corrected chi connectivity index (χ4v) is 2.63. The van der Waals surface area contributed by atoms with Crippen LogP contribution in [0.1, 0.15) is 35.4 Å². The summed E-state index contributed by atoms with van der Waals surface area (Å²) in [5.41, 5.74) is 2.57. The third kappa shape index (κ3) is 2.16. The largest absolute Gasteiger partial charge is 0.314 e. The number of rotatable bonds is 3.